The topological polar surface area (TPSA) is 146 Å². The first-order valence-corrected chi connectivity index (χ1v) is 11.5. The maximum absolute atomic E-state index is 13.7. The number of hydrogen-bond donors (Lipinski definition) is 2. The normalized spacial score (nSPS) is 14.3. The third-order valence-corrected chi connectivity index (χ3v) is 6.06. The standard InChI is InChI=1S/C26H23N7O5/c1-15-21(25(34)29-17-8-6-12-27-14-17)22(19-10-5-11-20(37-2)23(19)38-3)32-26(28-15)30-24(31-32)16-7-4-9-18(13-16)33(35)36/h4-14,22H,1-3H3,(H,29,34)(H,28,30,31). The van der Waals surface area contributed by atoms with E-state index < -0.39 is 11.0 Å². The van der Waals surface area contributed by atoms with Crippen molar-refractivity contribution >= 4 is 23.2 Å². The molecule has 0 fully saturated rings. The van der Waals surface area contributed by atoms with Crippen LogP contribution in [-0.2, 0) is 4.79 Å². The molecule has 1 aliphatic rings. The second kappa shape index (κ2) is 10.0. The summed E-state index contributed by atoms with van der Waals surface area (Å²) in [5, 5.41) is 22.1. The monoisotopic (exact) mass is 513 g/mol. The van der Waals surface area contributed by atoms with E-state index in [2.05, 4.69) is 25.7 Å². The van der Waals surface area contributed by atoms with E-state index in [1.165, 1.54) is 26.4 Å². The molecule has 0 saturated carbocycles. The number of fused-ring (bicyclic) bond motifs is 1. The first kappa shape index (κ1) is 24.4. The van der Waals surface area contributed by atoms with Crippen LogP contribution >= 0.6 is 0 Å². The first-order valence-electron chi connectivity index (χ1n) is 11.5. The molecule has 192 valence electrons. The van der Waals surface area contributed by atoms with Gasteiger partial charge in [-0.15, -0.1) is 5.10 Å². The summed E-state index contributed by atoms with van der Waals surface area (Å²) in [6, 6.07) is 14.1. The number of amides is 1. The predicted octanol–water partition coefficient (Wildman–Crippen LogP) is 4.19. The van der Waals surface area contributed by atoms with Crippen molar-refractivity contribution in [3.8, 4) is 22.9 Å². The van der Waals surface area contributed by atoms with E-state index in [-0.39, 0.29) is 17.4 Å². The summed E-state index contributed by atoms with van der Waals surface area (Å²) in [7, 11) is 3.05. The molecule has 2 N–H and O–H groups in total. The van der Waals surface area contributed by atoms with Crippen LogP contribution in [0.15, 0.2) is 78.3 Å². The van der Waals surface area contributed by atoms with Crippen molar-refractivity contribution < 1.29 is 19.2 Å². The molecular weight excluding hydrogens is 490 g/mol. The molecule has 1 unspecified atom stereocenters. The Balaban J connectivity index is 1.67. The highest BCUT2D eigenvalue weighted by molar-refractivity contribution is 6.06. The highest BCUT2D eigenvalue weighted by atomic mass is 16.6. The number of nitro benzene ring substituents is 1. The van der Waals surface area contributed by atoms with Crippen molar-refractivity contribution in [2.45, 2.75) is 13.0 Å². The van der Waals surface area contributed by atoms with E-state index in [9.17, 15) is 14.9 Å². The van der Waals surface area contributed by atoms with Gasteiger partial charge in [0.2, 0.25) is 5.95 Å². The lowest BCUT2D eigenvalue weighted by molar-refractivity contribution is -0.384. The Morgan fingerprint density at radius 1 is 1.13 bits per heavy atom. The average Bonchev–Trinajstić information content (AvgIpc) is 3.36. The molecule has 0 bridgehead atoms. The van der Waals surface area contributed by atoms with Crippen LogP contribution in [0.25, 0.3) is 11.4 Å². The van der Waals surface area contributed by atoms with Gasteiger partial charge in [-0.05, 0) is 25.1 Å². The van der Waals surface area contributed by atoms with Gasteiger partial charge in [-0.1, -0.05) is 24.3 Å². The number of methoxy groups -OCH3 is 2. The maximum Gasteiger partial charge on any atom is 0.270 e. The van der Waals surface area contributed by atoms with Gasteiger partial charge in [-0.3, -0.25) is 19.9 Å². The molecule has 1 amide bonds. The number of nitrogens with zero attached hydrogens (tertiary/aromatic N) is 5. The molecule has 0 spiro atoms. The zero-order chi connectivity index (χ0) is 26.8. The maximum atomic E-state index is 13.7. The van der Waals surface area contributed by atoms with E-state index in [1.54, 1.807) is 60.4 Å². The summed E-state index contributed by atoms with van der Waals surface area (Å²) < 4.78 is 12.8. The van der Waals surface area contributed by atoms with Gasteiger partial charge in [-0.2, -0.15) is 4.98 Å². The molecule has 2 aromatic carbocycles. The van der Waals surface area contributed by atoms with E-state index in [4.69, 9.17) is 9.47 Å². The molecule has 1 aliphatic heterocycles. The number of benzene rings is 2. The Morgan fingerprint density at radius 3 is 2.66 bits per heavy atom. The van der Waals surface area contributed by atoms with Crippen molar-refractivity contribution in [2.24, 2.45) is 0 Å². The zero-order valence-corrected chi connectivity index (χ0v) is 20.7. The number of nitrogens with one attached hydrogen (secondary N) is 2. The fraction of sp³-hybridized carbons (Fsp3) is 0.154. The largest absolute Gasteiger partial charge is 0.493 e. The molecule has 5 rings (SSSR count). The SMILES string of the molecule is COc1cccc(C2C(C(=O)Nc3cccnc3)=C(C)Nc3nc(-c4cccc([N+](=O)[O-])c4)nn32)c1OC. The molecule has 1 atom stereocenters. The third kappa shape index (κ3) is 4.39. The molecule has 4 aromatic rings. The van der Waals surface area contributed by atoms with Crippen LogP contribution in [0.3, 0.4) is 0 Å². The molecule has 0 aliphatic carbocycles. The zero-order valence-electron chi connectivity index (χ0n) is 20.7. The van der Waals surface area contributed by atoms with E-state index in [0.29, 0.717) is 45.5 Å². The molecular formula is C26H23N7O5. The smallest absolute Gasteiger partial charge is 0.270 e. The number of carbonyl (C=O) groups excluding carboxylic acids is 1. The lowest BCUT2D eigenvalue weighted by atomic mass is 9.94. The van der Waals surface area contributed by atoms with Gasteiger partial charge in [0.1, 0.15) is 6.04 Å². The van der Waals surface area contributed by atoms with E-state index in [0.717, 1.165) is 0 Å². The summed E-state index contributed by atoms with van der Waals surface area (Å²) in [6.07, 6.45) is 3.16. The lowest BCUT2D eigenvalue weighted by Gasteiger charge is -2.29. The van der Waals surface area contributed by atoms with Gasteiger partial charge in [0.15, 0.2) is 17.3 Å². The van der Waals surface area contributed by atoms with Gasteiger partial charge in [0.25, 0.3) is 11.6 Å². The van der Waals surface area contributed by atoms with Crippen LogP contribution in [0.4, 0.5) is 17.3 Å². The number of anilines is 2. The Labute approximate surface area is 217 Å². The number of aromatic nitrogens is 4. The van der Waals surface area contributed by atoms with E-state index >= 15 is 0 Å². The number of ether oxygens (including phenoxy) is 2. The number of rotatable bonds is 7. The molecule has 12 heteroatoms. The minimum atomic E-state index is -0.770. The summed E-state index contributed by atoms with van der Waals surface area (Å²) in [5.41, 5.74) is 2.42. The van der Waals surface area contributed by atoms with Crippen LogP contribution in [0.2, 0.25) is 0 Å². The van der Waals surface area contributed by atoms with Crippen molar-refractivity contribution in [1.82, 2.24) is 19.7 Å². The van der Waals surface area contributed by atoms with Crippen LogP contribution in [0.1, 0.15) is 18.5 Å². The Hall–Kier alpha value is -5.26. The highest BCUT2D eigenvalue weighted by Gasteiger charge is 2.37. The van der Waals surface area contributed by atoms with Crippen molar-refractivity contribution in [3.63, 3.8) is 0 Å². The fourth-order valence-electron chi connectivity index (χ4n) is 4.38. The van der Waals surface area contributed by atoms with Gasteiger partial charge in [0, 0.05) is 35.2 Å². The summed E-state index contributed by atoms with van der Waals surface area (Å²) in [4.78, 5) is 33.2. The number of allylic oxidation sites excluding steroid dienone is 1. The third-order valence-electron chi connectivity index (χ3n) is 6.06. The van der Waals surface area contributed by atoms with Crippen LogP contribution in [-0.4, -0.2) is 44.8 Å². The number of carbonyl (C=O) groups is 1. The predicted molar refractivity (Wildman–Crippen MR) is 139 cm³/mol. The van der Waals surface area contributed by atoms with Gasteiger partial charge in [0.05, 0.1) is 36.6 Å². The average molecular weight is 514 g/mol. The number of non-ortho nitro benzene ring substituents is 1. The summed E-state index contributed by atoms with van der Waals surface area (Å²) >= 11 is 0. The molecule has 12 nitrogen and oxygen atoms in total. The van der Waals surface area contributed by atoms with Crippen LogP contribution < -0.4 is 20.1 Å². The Morgan fingerprint density at radius 2 is 1.95 bits per heavy atom. The Bertz CT molecular complexity index is 1570. The molecule has 3 heterocycles. The fourth-order valence-corrected chi connectivity index (χ4v) is 4.38. The van der Waals surface area contributed by atoms with Crippen molar-refractivity contribution in [1.29, 1.82) is 0 Å². The van der Waals surface area contributed by atoms with Crippen LogP contribution in [0, 0.1) is 10.1 Å². The summed E-state index contributed by atoms with van der Waals surface area (Å²) in [6.45, 7) is 1.77. The Kier molecular flexibility index (Phi) is 6.44. The second-order valence-electron chi connectivity index (χ2n) is 8.36. The van der Waals surface area contributed by atoms with Gasteiger partial charge in [-0.25, -0.2) is 4.68 Å². The molecule has 0 radical (unpaired) electrons. The molecule has 0 saturated heterocycles. The number of hydrogen-bond acceptors (Lipinski definition) is 9. The summed E-state index contributed by atoms with van der Waals surface area (Å²) in [5.74, 6) is 1.14. The minimum Gasteiger partial charge on any atom is -0.493 e. The van der Waals surface area contributed by atoms with Crippen molar-refractivity contribution in [3.05, 3.63) is 93.9 Å². The lowest BCUT2D eigenvalue weighted by Crippen LogP contribution is -2.31. The quantitative estimate of drug-likeness (QED) is 0.274. The van der Waals surface area contributed by atoms with Gasteiger partial charge < -0.3 is 20.1 Å². The number of pyridine rings is 1. The van der Waals surface area contributed by atoms with Crippen molar-refractivity contribution in [2.75, 3.05) is 24.9 Å². The highest BCUT2D eigenvalue weighted by Crippen LogP contribution is 2.43. The molecule has 38 heavy (non-hydrogen) atoms. The number of para-hydroxylation sites is 1. The van der Waals surface area contributed by atoms with E-state index in [1.807, 2.05) is 6.07 Å². The minimum absolute atomic E-state index is 0.0833. The number of nitro groups is 1. The molecule has 2 aromatic heterocycles. The van der Waals surface area contributed by atoms with Gasteiger partial charge >= 0.3 is 0 Å². The second-order valence-corrected chi connectivity index (χ2v) is 8.36. The van der Waals surface area contributed by atoms with Crippen LogP contribution in [0.5, 0.6) is 11.5 Å². The first-order chi connectivity index (χ1) is 18.4.